The summed E-state index contributed by atoms with van der Waals surface area (Å²) >= 11 is 0. The predicted molar refractivity (Wildman–Crippen MR) is 103 cm³/mol. The molecule has 5 nitrogen and oxygen atoms in total. The molecule has 146 valence electrons. The zero-order chi connectivity index (χ0) is 20.3. The third kappa shape index (κ3) is 4.36. The van der Waals surface area contributed by atoms with Crippen LogP contribution in [0.4, 0.5) is 14.5 Å². The lowest BCUT2D eigenvalue weighted by atomic mass is 10.1. The molecular formula is C20H18F2N2O3S. The molecule has 0 fully saturated rings. The van der Waals surface area contributed by atoms with Gasteiger partial charge in [0.1, 0.15) is 11.6 Å². The Balaban J connectivity index is 1.85. The van der Waals surface area contributed by atoms with Crippen molar-refractivity contribution in [3.63, 3.8) is 0 Å². The minimum Gasteiger partial charge on any atom is -0.394 e. The number of aliphatic hydroxyl groups is 1. The number of nitrogens with two attached hydrogens (primary N) is 1. The summed E-state index contributed by atoms with van der Waals surface area (Å²) in [7, 11) is -3.89. The molecule has 0 spiro atoms. The molecule has 8 heteroatoms. The number of aliphatic hydroxyl groups excluding tert-OH is 1. The van der Waals surface area contributed by atoms with Crippen LogP contribution >= 0.6 is 0 Å². The molecule has 1 atom stereocenters. The second-order valence-corrected chi connectivity index (χ2v) is 7.85. The van der Waals surface area contributed by atoms with Gasteiger partial charge in [0.05, 0.1) is 17.5 Å². The van der Waals surface area contributed by atoms with Crippen molar-refractivity contribution in [2.75, 3.05) is 11.3 Å². The zero-order valence-corrected chi connectivity index (χ0v) is 15.5. The van der Waals surface area contributed by atoms with Gasteiger partial charge in [-0.15, -0.1) is 0 Å². The predicted octanol–water partition coefficient (Wildman–Crippen LogP) is 3.42. The molecule has 3 rings (SSSR count). The number of nitrogens with one attached hydrogen (secondary N) is 1. The van der Waals surface area contributed by atoms with Gasteiger partial charge in [-0.05, 0) is 47.5 Å². The lowest BCUT2D eigenvalue weighted by Gasteiger charge is -2.13. The molecule has 3 aromatic rings. The van der Waals surface area contributed by atoms with E-state index in [0.717, 1.165) is 12.1 Å². The van der Waals surface area contributed by atoms with E-state index in [-0.39, 0.29) is 17.1 Å². The van der Waals surface area contributed by atoms with Gasteiger partial charge in [0.2, 0.25) is 0 Å². The Bertz CT molecular complexity index is 1090. The standard InChI is InChI=1S/C20H18F2N2O3S/c21-15-6-9-18(19(22)11-15)13-4-7-17(8-5-13)28(26,27)24-16-3-1-2-14(10-16)20(23)12-25/h1-11,20,24-25H,12,23H2. The van der Waals surface area contributed by atoms with Crippen molar-refractivity contribution >= 4 is 15.7 Å². The van der Waals surface area contributed by atoms with Gasteiger partial charge < -0.3 is 10.8 Å². The van der Waals surface area contributed by atoms with E-state index >= 15 is 0 Å². The molecule has 0 aliphatic carbocycles. The highest BCUT2D eigenvalue weighted by Crippen LogP contribution is 2.26. The minimum absolute atomic E-state index is 0.0179. The van der Waals surface area contributed by atoms with Crippen molar-refractivity contribution in [1.29, 1.82) is 0 Å². The second kappa shape index (κ2) is 8.05. The van der Waals surface area contributed by atoms with Crippen molar-refractivity contribution < 1.29 is 22.3 Å². The summed E-state index contributed by atoms with van der Waals surface area (Å²) in [4.78, 5) is -0.0179. The number of benzene rings is 3. The first-order chi connectivity index (χ1) is 13.3. The molecule has 4 N–H and O–H groups in total. The molecular weight excluding hydrogens is 386 g/mol. The largest absolute Gasteiger partial charge is 0.394 e. The molecule has 1 unspecified atom stereocenters. The molecule has 0 saturated carbocycles. The average molecular weight is 404 g/mol. The highest BCUT2D eigenvalue weighted by molar-refractivity contribution is 7.92. The van der Waals surface area contributed by atoms with Crippen LogP contribution in [-0.4, -0.2) is 20.1 Å². The van der Waals surface area contributed by atoms with Crippen LogP contribution in [-0.2, 0) is 10.0 Å². The van der Waals surface area contributed by atoms with Gasteiger partial charge in [-0.1, -0.05) is 24.3 Å². The molecule has 0 aliphatic heterocycles. The zero-order valence-electron chi connectivity index (χ0n) is 14.6. The van der Waals surface area contributed by atoms with Crippen LogP contribution in [0.15, 0.2) is 71.6 Å². The summed E-state index contributed by atoms with van der Waals surface area (Å²) in [5, 5.41) is 9.13. The van der Waals surface area contributed by atoms with E-state index in [2.05, 4.69) is 4.72 Å². The fourth-order valence-corrected chi connectivity index (χ4v) is 3.74. The normalized spacial score (nSPS) is 12.6. The SMILES string of the molecule is NC(CO)c1cccc(NS(=O)(=O)c2ccc(-c3ccc(F)cc3F)cc2)c1. The number of sulfonamides is 1. The third-order valence-electron chi connectivity index (χ3n) is 4.17. The molecule has 0 amide bonds. The van der Waals surface area contributed by atoms with E-state index in [1.165, 1.54) is 30.3 Å². The lowest BCUT2D eigenvalue weighted by Crippen LogP contribution is -2.16. The van der Waals surface area contributed by atoms with E-state index in [4.69, 9.17) is 10.8 Å². The monoisotopic (exact) mass is 404 g/mol. The molecule has 0 heterocycles. The Morgan fingerprint density at radius 3 is 2.36 bits per heavy atom. The summed E-state index contributed by atoms with van der Waals surface area (Å²) in [6, 6.07) is 14.6. The first-order valence-corrected chi connectivity index (χ1v) is 9.83. The van der Waals surface area contributed by atoms with E-state index in [1.54, 1.807) is 24.3 Å². The van der Waals surface area contributed by atoms with Gasteiger partial charge in [-0.2, -0.15) is 0 Å². The molecule has 3 aromatic carbocycles. The Kier molecular flexibility index (Phi) is 5.73. The van der Waals surface area contributed by atoms with Gasteiger partial charge in [0.25, 0.3) is 10.0 Å². The number of hydrogen-bond acceptors (Lipinski definition) is 4. The number of hydrogen-bond donors (Lipinski definition) is 3. The molecule has 28 heavy (non-hydrogen) atoms. The summed E-state index contributed by atoms with van der Waals surface area (Å²) in [5.41, 5.74) is 7.23. The van der Waals surface area contributed by atoms with Crippen LogP contribution in [0.25, 0.3) is 11.1 Å². The maximum atomic E-state index is 13.9. The lowest BCUT2D eigenvalue weighted by molar-refractivity contribution is 0.268. The molecule has 0 radical (unpaired) electrons. The number of rotatable bonds is 6. The third-order valence-corrected chi connectivity index (χ3v) is 5.57. The van der Waals surface area contributed by atoms with Crippen LogP contribution in [0, 0.1) is 11.6 Å². The fraction of sp³-hybridized carbons (Fsp3) is 0.100. The fourth-order valence-electron chi connectivity index (χ4n) is 2.69. The van der Waals surface area contributed by atoms with Crippen molar-refractivity contribution in [3.8, 4) is 11.1 Å². The van der Waals surface area contributed by atoms with Crippen LogP contribution in [0.1, 0.15) is 11.6 Å². The van der Waals surface area contributed by atoms with E-state index < -0.39 is 27.7 Å². The van der Waals surface area contributed by atoms with Gasteiger partial charge in [0.15, 0.2) is 0 Å². The maximum absolute atomic E-state index is 13.9. The van der Waals surface area contributed by atoms with Gasteiger partial charge in [-0.25, -0.2) is 17.2 Å². The van der Waals surface area contributed by atoms with Gasteiger partial charge in [-0.3, -0.25) is 4.72 Å². The summed E-state index contributed by atoms with van der Waals surface area (Å²) in [5.74, 6) is -1.42. The quantitative estimate of drug-likeness (QED) is 0.587. The topological polar surface area (TPSA) is 92.4 Å². The average Bonchev–Trinajstić information content (AvgIpc) is 2.67. The van der Waals surface area contributed by atoms with Crippen LogP contribution in [0.3, 0.4) is 0 Å². The summed E-state index contributed by atoms with van der Waals surface area (Å²) in [6.07, 6.45) is 0. The van der Waals surface area contributed by atoms with E-state index in [1.807, 2.05) is 0 Å². The first kappa shape index (κ1) is 19.9. The second-order valence-electron chi connectivity index (χ2n) is 6.17. The number of halogens is 2. The van der Waals surface area contributed by atoms with Crippen molar-refractivity contribution in [2.24, 2.45) is 5.73 Å². The van der Waals surface area contributed by atoms with Crippen LogP contribution < -0.4 is 10.5 Å². The molecule has 0 aromatic heterocycles. The Morgan fingerprint density at radius 2 is 1.71 bits per heavy atom. The van der Waals surface area contributed by atoms with E-state index in [0.29, 0.717) is 16.8 Å². The van der Waals surface area contributed by atoms with E-state index in [9.17, 15) is 17.2 Å². The Labute approximate surface area is 161 Å². The Hall–Kier alpha value is -2.81. The minimum atomic E-state index is -3.89. The highest BCUT2D eigenvalue weighted by atomic mass is 32.2. The van der Waals surface area contributed by atoms with Crippen molar-refractivity contribution in [2.45, 2.75) is 10.9 Å². The summed E-state index contributed by atoms with van der Waals surface area (Å²) < 4.78 is 54.6. The van der Waals surface area contributed by atoms with Crippen molar-refractivity contribution in [3.05, 3.63) is 83.9 Å². The highest BCUT2D eigenvalue weighted by Gasteiger charge is 2.16. The molecule has 0 saturated heterocycles. The maximum Gasteiger partial charge on any atom is 0.261 e. The van der Waals surface area contributed by atoms with Gasteiger partial charge >= 0.3 is 0 Å². The molecule has 0 bridgehead atoms. The molecule has 0 aliphatic rings. The van der Waals surface area contributed by atoms with Crippen LogP contribution in [0.2, 0.25) is 0 Å². The van der Waals surface area contributed by atoms with Crippen molar-refractivity contribution in [1.82, 2.24) is 0 Å². The number of anilines is 1. The Morgan fingerprint density at radius 1 is 1.00 bits per heavy atom. The van der Waals surface area contributed by atoms with Crippen LogP contribution in [0.5, 0.6) is 0 Å². The van der Waals surface area contributed by atoms with Gasteiger partial charge in [0, 0.05) is 17.3 Å². The summed E-state index contributed by atoms with van der Waals surface area (Å²) in [6.45, 7) is -0.266. The smallest absolute Gasteiger partial charge is 0.261 e. The first-order valence-electron chi connectivity index (χ1n) is 8.35.